The van der Waals surface area contributed by atoms with Gasteiger partial charge in [-0.15, -0.1) is 0 Å². The summed E-state index contributed by atoms with van der Waals surface area (Å²) in [6, 6.07) is 0.481. The molecule has 0 saturated heterocycles. The first-order valence-electron chi connectivity index (χ1n) is 7.02. The van der Waals surface area contributed by atoms with E-state index in [1.807, 2.05) is 0 Å². The Balaban J connectivity index is 1.83. The molecule has 0 aromatic rings. The fourth-order valence-electron chi connectivity index (χ4n) is 3.09. The molecule has 1 N–H and O–H groups in total. The van der Waals surface area contributed by atoms with E-state index in [0.717, 1.165) is 12.3 Å². The fraction of sp³-hybridized carbons (Fsp3) is 0.929. The first kappa shape index (κ1) is 11.9. The standard InChI is InChI=1S/C14H25NO/c1-3-6-11-7-4-5-8-13(11)15-14(16)12-9-10(12)2/h10-13H,3-9H2,1-2H3,(H,15,16)/t10-,11+,12-,13-/m0/s1. The van der Waals surface area contributed by atoms with E-state index in [4.69, 9.17) is 0 Å². The summed E-state index contributed by atoms with van der Waals surface area (Å²) in [6.45, 7) is 4.42. The van der Waals surface area contributed by atoms with Gasteiger partial charge in [0.1, 0.15) is 0 Å². The van der Waals surface area contributed by atoms with Crippen molar-refractivity contribution >= 4 is 5.91 Å². The van der Waals surface area contributed by atoms with Crippen LogP contribution in [-0.2, 0) is 4.79 Å². The van der Waals surface area contributed by atoms with Crippen LogP contribution in [0.3, 0.4) is 0 Å². The summed E-state index contributed by atoms with van der Waals surface area (Å²) in [5.41, 5.74) is 0. The van der Waals surface area contributed by atoms with Crippen LogP contribution in [0, 0.1) is 17.8 Å². The van der Waals surface area contributed by atoms with Gasteiger partial charge in [-0.1, -0.05) is 33.1 Å². The van der Waals surface area contributed by atoms with Crippen LogP contribution in [0.15, 0.2) is 0 Å². The van der Waals surface area contributed by atoms with Gasteiger partial charge in [-0.05, 0) is 37.5 Å². The summed E-state index contributed by atoms with van der Waals surface area (Å²) in [5.74, 6) is 2.05. The third-order valence-electron chi connectivity index (χ3n) is 4.34. The summed E-state index contributed by atoms with van der Waals surface area (Å²) >= 11 is 0. The molecule has 0 aliphatic heterocycles. The largest absolute Gasteiger partial charge is 0.353 e. The number of carbonyl (C=O) groups excluding carboxylic acids is 1. The average molecular weight is 223 g/mol. The number of hydrogen-bond acceptors (Lipinski definition) is 1. The molecule has 2 aliphatic carbocycles. The highest BCUT2D eigenvalue weighted by atomic mass is 16.2. The minimum atomic E-state index is 0.334. The molecule has 2 fully saturated rings. The van der Waals surface area contributed by atoms with Gasteiger partial charge in [0.25, 0.3) is 0 Å². The molecular formula is C14H25NO. The second-order valence-electron chi connectivity index (χ2n) is 5.77. The predicted octanol–water partition coefficient (Wildman–Crippen LogP) is 3.12. The summed E-state index contributed by atoms with van der Waals surface area (Å²) < 4.78 is 0. The lowest BCUT2D eigenvalue weighted by Crippen LogP contribution is -2.42. The Morgan fingerprint density at radius 3 is 2.62 bits per heavy atom. The number of carbonyl (C=O) groups is 1. The number of hydrogen-bond donors (Lipinski definition) is 1. The van der Waals surface area contributed by atoms with E-state index in [1.165, 1.54) is 38.5 Å². The van der Waals surface area contributed by atoms with Crippen LogP contribution in [-0.4, -0.2) is 11.9 Å². The van der Waals surface area contributed by atoms with Gasteiger partial charge >= 0.3 is 0 Å². The number of rotatable bonds is 4. The molecule has 0 heterocycles. The van der Waals surface area contributed by atoms with Crippen molar-refractivity contribution in [2.24, 2.45) is 17.8 Å². The lowest BCUT2D eigenvalue weighted by atomic mass is 9.82. The van der Waals surface area contributed by atoms with Crippen molar-refractivity contribution in [1.82, 2.24) is 5.32 Å². The molecule has 92 valence electrons. The highest BCUT2D eigenvalue weighted by molar-refractivity contribution is 5.81. The summed E-state index contributed by atoms with van der Waals surface area (Å²) in [6.07, 6.45) is 8.82. The molecule has 0 radical (unpaired) electrons. The van der Waals surface area contributed by atoms with Gasteiger partial charge in [0.15, 0.2) is 0 Å². The van der Waals surface area contributed by atoms with E-state index >= 15 is 0 Å². The van der Waals surface area contributed by atoms with Crippen LogP contribution < -0.4 is 5.32 Å². The summed E-state index contributed by atoms with van der Waals surface area (Å²) in [4.78, 5) is 11.9. The molecule has 2 aliphatic rings. The van der Waals surface area contributed by atoms with Gasteiger partial charge in [0.2, 0.25) is 5.91 Å². The molecule has 2 rings (SSSR count). The molecule has 1 amide bonds. The zero-order valence-electron chi connectivity index (χ0n) is 10.7. The smallest absolute Gasteiger partial charge is 0.223 e. The monoisotopic (exact) mass is 223 g/mol. The third-order valence-corrected chi connectivity index (χ3v) is 4.34. The predicted molar refractivity (Wildman–Crippen MR) is 66.1 cm³/mol. The summed E-state index contributed by atoms with van der Waals surface area (Å²) in [7, 11) is 0. The highest BCUT2D eigenvalue weighted by Gasteiger charge is 2.40. The zero-order chi connectivity index (χ0) is 11.5. The maximum atomic E-state index is 11.9. The molecule has 0 bridgehead atoms. The van der Waals surface area contributed by atoms with Crippen molar-refractivity contribution < 1.29 is 4.79 Å². The van der Waals surface area contributed by atoms with Crippen LogP contribution >= 0.6 is 0 Å². The molecule has 2 nitrogen and oxygen atoms in total. The third kappa shape index (κ3) is 2.78. The Hall–Kier alpha value is -0.530. The maximum Gasteiger partial charge on any atom is 0.223 e. The van der Waals surface area contributed by atoms with Gasteiger partial charge in [0, 0.05) is 12.0 Å². The lowest BCUT2D eigenvalue weighted by Gasteiger charge is -2.32. The molecule has 0 aromatic heterocycles. The fourth-order valence-corrected chi connectivity index (χ4v) is 3.09. The molecule has 16 heavy (non-hydrogen) atoms. The molecule has 4 atom stereocenters. The Bertz CT molecular complexity index is 249. The Morgan fingerprint density at radius 2 is 2.00 bits per heavy atom. The second kappa shape index (κ2) is 5.20. The van der Waals surface area contributed by atoms with Gasteiger partial charge in [0.05, 0.1) is 0 Å². The molecule has 0 aromatic carbocycles. The van der Waals surface area contributed by atoms with Crippen LogP contribution in [0.5, 0.6) is 0 Å². The summed E-state index contributed by atoms with van der Waals surface area (Å²) in [5, 5.41) is 3.31. The van der Waals surface area contributed by atoms with Crippen molar-refractivity contribution in [1.29, 1.82) is 0 Å². The maximum absolute atomic E-state index is 11.9. The Labute approximate surface area is 99.2 Å². The van der Waals surface area contributed by atoms with E-state index in [1.54, 1.807) is 0 Å². The SMILES string of the molecule is CCC[C@@H]1CCCC[C@@H]1NC(=O)[C@H]1C[C@@H]1C. The first-order valence-corrected chi connectivity index (χ1v) is 7.02. The van der Waals surface area contributed by atoms with Gasteiger partial charge in [-0.25, -0.2) is 0 Å². The van der Waals surface area contributed by atoms with Crippen LogP contribution in [0.25, 0.3) is 0 Å². The van der Waals surface area contributed by atoms with Gasteiger partial charge in [-0.2, -0.15) is 0 Å². The topological polar surface area (TPSA) is 29.1 Å². The van der Waals surface area contributed by atoms with Crippen LogP contribution in [0.2, 0.25) is 0 Å². The first-order chi connectivity index (χ1) is 7.72. The molecule has 2 heteroatoms. The molecule has 0 unspecified atom stereocenters. The Kier molecular flexibility index (Phi) is 3.88. The van der Waals surface area contributed by atoms with Crippen LogP contribution in [0.1, 0.15) is 58.8 Å². The minimum Gasteiger partial charge on any atom is -0.353 e. The molecular weight excluding hydrogens is 198 g/mol. The zero-order valence-corrected chi connectivity index (χ0v) is 10.7. The highest BCUT2D eigenvalue weighted by Crippen LogP contribution is 2.38. The van der Waals surface area contributed by atoms with E-state index < -0.39 is 0 Å². The van der Waals surface area contributed by atoms with Crippen molar-refractivity contribution in [2.45, 2.75) is 64.8 Å². The quantitative estimate of drug-likeness (QED) is 0.779. The van der Waals surface area contributed by atoms with Gasteiger partial charge < -0.3 is 5.32 Å². The number of amides is 1. The molecule has 0 spiro atoms. The van der Waals surface area contributed by atoms with Crippen molar-refractivity contribution in [3.05, 3.63) is 0 Å². The Morgan fingerprint density at radius 1 is 1.31 bits per heavy atom. The van der Waals surface area contributed by atoms with E-state index in [0.29, 0.717) is 23.8 Å². The van der Waals surface area contributed by atoms with E-state index in [-0.39, 0.29) is 0 Å². The minimum absolute atomic E-state index is 0.334. The van der Waals surface area contributed by atoms with Crippen LogP contribution in [0.4, 0.5) is 0 Å². The van der Waals surface area contributed by atoms with Gasteiger partial charge in [-0.3, -0.25) is 4.79 Å². The second-order valence-corrected chi connectivity index (χ2v) is 5.77. The van der Waals surface area contributed by atoms with Crippen molar-refractivity contribution in [3.8, 4) is 0 Å². The van der Waals surface area contributed by atoms with E-state index in [9.17, 15) is 4.79 Å². The average Bonchev–Trinajstić information content (AvgIpc) is 2.99. The number of nitrogens with one attached hydrogen (secondary N) is 1. The lowest BCUT2D eigenvalue weighted by molar-refractivity contribution is -0.123. The molecule has 2 saturated carbocycles. The van der Waals surface area contributed by atoms with Crippen molar-refractivity contribution in [3.63, 3.8) is 0 Å². The van der Waals surface area contributed by atoms with Crippen molar-refractivity contribution in [2.75, 3.05) is 0 Å². The van der Waals surface area contributed by atoms with E-state index in [2.05, 4.69) is 19.2 Å². The normalized spacial score (nSPS) is 38.1.